The van der Waals surface area contributed by atoms with Crippen molar-refractivity contribution in [1.82, 2.24) is 9.88 Å². The maximum absolute atomic E-state index is 12.3. The van der Waals surface area contributed by atoms with Gasteiger partial charge in [0.25, 0.3) is 0 Å². The van der Waals surface area contributed by atoms with Crippen LogP contribution in [0.1, 0.15) is 31.2 Å². The third-order valence-corrected chi connectivity index (χ3v) is 5.85. The topological polar surface area (TPSA) is 89.0 Å². The second-order valence-corrected chi connectivity index (χ2v) is 8.24. The molecule has 1 N–H and O–H groups in total. The van der Waals surface area contributed by atoms with Crippen molar-refractivity contribution in [3.63, 3.8) is 0 Å². The smallest absolute Gasteiger partial charge is 0.475 e. The molecule has 1 amide bonds. The van der Waals surface area contributed by atoms with Crippen LogP contribution in [0.5, 0.6) is 0 Å². The average molecular weight is 444 g/mol. The lowest BCUT2D eigenvalue weighted by Gasteiger charge is -2.20. The molecule has 0 radical (unpaired) electrons. The van der Waals surface area contributed by atoms with Crippen LogP contribution in [0.15, 0.2) is 24.5 Å². The predicted molar refractivity (Wildman–Crippen MR) is 103 cm³/mol. The molecule has 3 heterocycles. The first-order chi connectivity index (χ1) is 14.7. The van der Waals surface area contributed by atoms with Crippen molar-refractivity contribution < 1.29 is 37.3 Å². The molecule has 3 aliphatic rings. The summed E-state index contributed by atoms with van der Waals surface area (Å²) in [5.41, 5.74) is 1.16. The lowest BCUT2D eigenvalue weighted by atomic mass is 9.91. The minimum Gasteiger partial charge on any atom is -0.475 e. The van der Waals surface area contributed by atoms with Crippen LogP contribution in [0.3, 0.4) is 0 Å². The molecule has 2 saturated heterocycles. The minimum atomic E-state index is -5.08. The van der Waals surface area contributed by atoms with Crippen molar-refractivity contribution in [1.29, 1.82) is 0 Å². The van der Waals surface area contributed by atoms with Crippen LogP contribution in [0.2, 0.25) is 0 Å². The van der Waals surface area contributed by atoms with Gasteiger partial charge in [-0.2, -0.15) is 13.2 Å². The number of rotatable bonds is 7. The number of carboxylic acids is 1. The van der Waals surface area contributed by atoms with Gasteiger partial charge in [0.05, 0.1) is 19.3 Å². The van der Waals surface area contributed by atoms with E-state index in [9.17, 15) is 18.0 Å². The van der Waals surface area contributed by atoms with Gasteiger partial charge in [0.1, 0.15) is 0 Å². The number of aliphatic carboxylic acids is 1. The fourth-order valence-electron chi connectivity index (χ4n) is 3.90. The first-order valence-electron chi connectivity index (χ1n) is 10.4. The van der Waals surface area contributed by atoms with Gasteiger partial charge in [-0.3, -0.25) is 9.78 Å². The van der Waals surface area contributed by atoms with Crippen LogP contribution in [-0.2, 0) is 25.7 Å². The Bertz CT molecular complexity index is 742. The number of ether oxygens (including phenoxy) is 2. The summed E-state index contributed by atoms with van der Waals surface area (Å²) in [4.78, 5) is 27.2. The average Bonchev–Trinajstić information content (AvgIpc) is 3.30. The Morgan fingerprint density at radius 2 is 1.90 bits per heavy atom. The second-order valence-electron chi connectivity index (χ2n) is 8.24. The molecule has 3 fully saturated rings. The number of aromatic nitrogens is 1. The van der Waals surface area contributed by atoms with Crippen LogP contribution in [-0.4, -0.2) is 65.5 Å². The molecule has 4 rings (SSSR count). The van der Waals surface area contributed by atoms with E-state index in [0.29, 0.717) is 30.3 Å². The summed E-state index contributed by atoms with van der Waals surface area (Å²) in [6.07, 6.45) is 2.98. The maximum Gasteiger partial charge on any atom is 0.490 e. The highest BCUT2D eigenvalue weighted by atomic mass is 19.4. The van der Waals surface area contributed by atoms with E-state index in [1.165, 1.54) is 12.8 Å². The third kappa shape index (κ3) is 7.17. The summed E-state index contributed by atoms with van der Waals surface area (Å²) >= 11 is 0. The van der Waals surface area contributed by atoms with Crippen LogP contribution in [0.4, 0.5) is 13.2 Å². The molecule has 3 atom stereocenters. The summed E-state index contributed by atoms with van der Waals surface area (Å²) in [6.45, 7) is 3.88. The number of nitrogens with zero attached hydrogens (tertiary/aromatic N) is 2. The Hall–Kier alpha value is -2.20. The molecule has 1 aromatic rings. The number of amides is 1. The summed E-state index contributed by atoms with van der Waals surface area (Å²) in [5, 5.41) is 7.12. The van der Waals surface area contributed by atoms with Gasteiger partial charge < -0.3 is 19.5 Å². The maximum atomic E-state index is 12.3. The second kappa shape index (κ2) is 10.4. The normalized spacial score (nSPS) is 25.0. The zero-order valence-corrected chi connectivity index (χ0v) is 17.1. The monoisotopic (exact) mass is 444 g/mol. The quantitative estimate of drug-likeness (QED) is 0.651. The van der Waals surface area contributed by atoms with E-state index in [1.54, 1.807) is 12.4 Å². The number of halogens is 3. The molecular formula is C21H27F3N2O5. The number of fused-ring (bicyclic) bond motifs is 1. The van der Waals surface area contributed by atoms with Crippen molar-refractivity contribution >= 4 is 11.9 Å². The van der Waals surface area contributed by atoms with Gasteiger partial charge in [0.15, 0.2) is 0 Å². The number of alkyl halides is 3. The number of carbonyl (C=O) groups excluding carboxylic acids is 1. The number of pyridine rings is 1. The Kier molecular flexibility index (Phi) is 7.88. The fourth-order valence-corrected chi connectivity index (χ4v) is 3.90. The SMILES string of the molecule is O=C(CC1CC1)N1C[C@H]2[C@@H](CCOCc3ccncc3)CO[C@H]2C1.O=C(O)C(F)(F)F. The van der Waals surface area contributed by atoms with Gasteiger partial charge in [-0.05, 0) is 48.8 Å². The van der Waals surface area contributed by atoms with Crippen LogP contribution in [0, 0.1) is 17.8 Å². The summed E-state index contributed by atoms with van der Waals surface area (Å²) in [5.74, 6) is -0.740. The number of hydrogen-bond acceptors (Lipinski definition) is 5. The van der Waals surface area contributed by atoms with Gasteiger partial charge in [0.2, 0.25) is 5.91 Å². The minimum absolute atomic E-state index is 0.248. The van der Waals surface area contributed by atoms with E-state index in [4.69, 9.17) is 19.4 Å². The summed E-state index contributed by atoms with van der Waals surface area (Å²) in [7, 11) is 0. The zero-order valence-electron chi connectivity index (χ0n) is 17.1. The molecule has 0 spiro atoms. The molecular weight excluding hydrogens is 417 g/mol. The number of hydrogen-bond donors (Lipinski definition) is 1. The van der Waals surface area contributed by atoms with Gasteiger partial charge in [0, 0.05) is 44.4 Å². The highest BCUT2D eigenvalue weighted by molar-refractivity contribution is 5.77. The van der Waals surface area contributed by atoms with Gasteiger partial charge in [-0.15, -0.1) is 0 Å². The molecule has 1 aromatic heterocycles. The van der Waals surface area contributed by atoms with Gasteiger partial charge >= 0.3 is 12.1 Å². The van der Waals surface area contributed by atoms with E-state index in [-0.39, 0.29) is 6.10 Å². The molecule has 172 valence electrons. The molecule has 7 nitrogen and oxygen atoms in total. The van der Waals surface area contributed by atoms with Crippen molar-refractivity contribution in [2.75, 3.05) is 26.3 Å². The summed E-state index contributed by atoms with van der Waals surface area (Å²) in [6, 6.07) is 3.96. The molecule has 10 heteroatoms. The Morgan fingerprint density at radius 1 is 1.23 bits per heavy atom. The molecule has 0 aromatic carbocycles. The standard InChI is InChI=1S/C19H26N2O3.C2HF3O2/c22-19(9-14-1-2-14)21-10-17-16(13-24-18(17)11-21)5-8-23-12-15-3-6-20-7-4-15;3-2(4,5)1(6)7/h3-4,6-7,14,16-18H,1-2,5,8-13H2;(H,6,7)/t16-,17-,18-;/m0./s1. The molecule has 0 bridgehead atoms. The number of likely N-dealkylation sites (tertiary alicyclic amines) is 1. The van der Waals surface area contributed by atoms with Crippen LogP contribution < -0.4 is 0 Å². The lowest BCUT2D eigenvalue weighted by Crippen LogP contribution is -2.31. The molecule has 31 heavy (non-hydrogen) atoms. The van der Waals surface area contributed by atoms with Crippen LogP contribution >= 0.6 is 0 Å². The van der Waals surface area contributed by atoms with Gasteiger partial charge in [-0.25, -0.2) is 4.79 Å². The van der Waals surface area contributed by atoms with E-state index >= 15 is 0 Å². The Balaban J connectivity index is 0.000000339. The molecule has 1 aliphatic carbocycles. The number of carbonyl (C=O) groups is 2. The third-order valence-electron chi connectivity index (χ3n) is 5.85. The van der Waals surface area contributed by atoms with Crippen molar-refractivity contribution in [2.45, 2.75) is 44.6 Å². The van der Waals surface area contributed by atoms with E-state index in [0.717, 1.165) is 44.7 Å². The van der Waals surface area contributed by atoms with E-state index in [2.05, 4.69) is 4.98 Å². The van der Waals surface area contributed by atoms with Crippen molar-refractivity contribution in [3.8, 4) is 0 Å². The largest absolute Gasteiger partial charge is 0.490 e. The van der Waals surface area contributed by atoms with E-state index < -0.39 is 12.1 Å². The van der Waals surface area contributed by atoms with E-state index in [1.807, 2.05) is 17.0 Å². The highest BCUT2D eigenvalue weighted by Crippen LogP contribution is 2.38. The summed E-state index contributed by atoms with van der Waals surface area (Å²) < 4.78 is 43.5. The lowest BCUT2D eigenvalue weighted by molar-refractivity contribution is -0.192. The highest BCUT2D eigenvalue weighted by Gasteiger charge is 2.45. The first-order valence-corrected chi connectivity index (χ1v) is 10.4. The zero-order chi connectivity index (χ0) is 22.4. The fraction of sp³-hybridized carbons (Fsp3) is 0.667. The van der Waals surface area contributed by atoms with Crippen molar-refractivity contribution in [2.24, 2.45) is 17.8 Å². The van der Waals surface area contributed by atoms with Gasteiger partial charge in [-0.1, -0.05) is 0 Å². The predicted octanol–water partition coefficient (Wildman–Crippen LogP) is 2.90. The molecule has 2 aliphatic heterocycles. The number of carboxylic acid groups (broad SMARTS) is 1. The Labute approximate surface area is 178 Å². The Morgan fingerprint density at radius 3 is 2.52 bits per heavy atom. The molecule has 0 unspecified atom stereocenters. The molecule has 1 saturated carbocycles. The first kappa shape index (κ1) is 23.5. The van der Waals surface area contributed by atoms with Crippen molar-refractivity contribution in [3.05, 3.63) is 30.1 Å². The van der Waals surface area contributed by atoms with Crippen LogP contribution in [0.25, 0.3) is 0 Å².